The van der Waals surface area contributed by atoms with Crippen LogP contribution in [0.4, 0.5) is 17.3 Å². The van der Waals surface area contributed by atoms with Crippen molar-refractivity contribution in [3.8, 4) is 0 Å². The van der Waals surface area contributed by atoms with Crippen LogP contribution in [-0.2, 0) is 0 Å². The largest absolute Gasteiger partial charge is 0.358 e. The molecule has 0 saturated heterocycles. The first-order valence-corrected chi connectivity index (χ1v) is 7.19. The fourth-order valence-corrected chi connectivity index (χ4v) is 2.10. The van der Waals surface area contributed by atoms with Gasteiger partial charge in [0.15, 0.2) is 0 Å². The van der Waals surface area contributed by atoms with E-state index in [2.05, 4.69) is 41.4 Å². The molecular formula is C14H18BrN5. The summed E-state index contributed by atoms with van der Waals surface area (Å²) in [5, 5.41) is 6.41. The molecule has 20 heavy (non-hydrogen) atoms. The third-order valence-corrected chi connectivity index (χ3v) is 3.57. The molecule has 0 bridgehead atoms. The molecule has 2 rings (SSSR count). The molecule has 0 aliphatic heterocycles. The minimum atomic E-state index is 0.776. The van der Waals surface area contributed by atoms with Gasteiger partial charge in [0.1, 0.15) is 18.0 Å². The minimum Gasteiger partial charge on any atom is -0.358 e. The molecule has 1 aromatic carbocycles. The van der Waals surface area contributed by atoms with Crippen LogP contribution in [0.1, 0.15) is 0 Å². The Labute approximate surface area is 127 Å². The molecule has 106 valence electrons. The quantitative estimate of drug-likeness (QED) is 0.849. The van der Waals surface area contributed by atoms with Gasteiger partial charge in [0.2, 0.25) is 0 Å². The molecule has 2 aromatic rings. The number of halogens is 1. The highest BCUT2D eigenvalue weighted by molar-refractivity contribution is 9.10. The van der Waals surface area contributed by atoms with E-state index in [4.69, 9.17) is 0 Å². The second kappa shape index (κ2) is 7.21. The van der Waals surface area contributed by atoms with Crippen LogP contribution in [0.3, 0.4) is 0 Å². The van der Waals surface area contributed by atoms with Gasteiger partial charge in [-0.3, -0.25) is 0 Å². The Morgan fingerprint density at radius 2 is 2.05 bits per heavy atom. The van der Waals surface area contributed by atoms with Crippen molar-refractivity contribution in [2.24, 2.45) is 0 Å². The molecular weight excluding hydrogens is 318 g/mol. The molecule has 0 fully saturated rings. The monoisotopic (exact) mass is 335 g/mol. The van der Waals surface area contributed by atoms with Gasteiger partial charge in [-0.1, -0.05) is 12.1 Å². The maximum atomic E-state index is 4.29. The summed E-state index contributed by atoms with van der Waals surface area (Å²) < 4.78 is 1.00. The highest BCUT2D eigenvalue weighted by Gasteiger charge is 2.05. The summed E-state index contributed by atoms with van der Waals surface area (Å²) in [6, 6.07) is 9.88. The van der Waals surface area contributed by atoms with Crippen LogP contribution in [0, 0.1) is 0 Å². The summed E-state index contributed by atoms with van der Waals surface area (Å²) in [6.07, 6.45) is 1.57. The average Bonchev–Trinajstić information content (AvgIpc) is 2.47. The Kier molecular flexibility index (Phi) is 5.31. The van der Waals surface area contributed by atoms with Gasteiger partial charge in [-0.15, -0.1) is 0 Å². The standard InChI is InChI=1S/C14H18BrN5/c1-16-7-8-20(2)14-9-13(17-10-18-14)19-12-6-4-3-5-11(12)15/h3-6,9-10,16H,7-8H2,1-2H3,(H,17,18,19). The molecule has 0 saturated carbocycles. The van der Waals surface area contributed by atoms with Gasteiger partial charge in [-0.2, -0.15) is 0 Å². The lowest BCUT2D eigenvalue weighted by atomic mass is 10.3. The van der Waals surface area contributed by atoms with Crippen molar-refractivity contribution < 1.29 is 0 Å². The molecule has 1 aromatic heterocycles. The van der Waals surface area contributed by atoms with Gasteiger partial charge >= 0.3 is 0 Å². The number of nitrogens with zero attached hydrogens (tertiary/aromatic N) is 3. The minimum absolute atomic E-state index is 0.776. The van der Waals surface area contributed by atoms with Crippen molar-refractivity contribution in [1.29, 1.82) is 0 Å². The Morgan fingerprint density at radius 1 is 1.25 bits per heavy atom. The second-order valence-corrected chi connectivity index (χ2v) is 5.25. The Morgan fingerprint density at radius 3 is 2.80 bits per heavy atom. The summed E-state index contributed by atoms with van der Waals surface area (Å²) in [6.45, 7) is 1.80. The smallest absolute Gasteiger partial charge is 0.135 e. The predicted octanol–water partition coefficient (Wildman–Crippen LogP) is 2.64. The van der Waals surface area contributed by atoms with E-state index in [1.54, 1.807) is 6.33 Å². The first-order chi connectivity index (χ1) is 9.70. The van der Waals surface area contributed by atoms with E-state index in [1.165, 1.54) is 0 Å². The molecule has 0 radical (unpaired) electrons. The molecule has 0 unspecified atom stereocenters. The van der Waals surface area contributed by atoms with E-state index in [0.29, 0.717) is 0 Å². The second-order valence-electron chi connectivity index (χ2n) is 4.39. The zero-order valence-corrected chi connectivity index (χ0v) is 13.2. The van der Waals surface area contributed by atoms with Crippen molar-refractivity contribution in [3.63, 3.8) is 0 Å². The van der Waals surface area contributed by atoms with Crippen LogP contribution in [0.15, 0.2) is 41.1 Å². The van der Waals surface area contributed by atoms with Gasteiger partial charge in [0.05, 0.1) is 5.69 Å². The topological polar surface area (TPSA) is 53.1 Å². The number of hydrogen-bond acceptors (Lipinski definition) is 5. The molecule has 2 N–H and O–H groups in total. The van der Waals surface area contributed by atoms with Gasteiger partial charge in [0, 0.05) is 30.7 Å². The molecule has 5 nitrogen and oxygen atoms in total. The van der Waals surface area contributed by atoms with Gasteiger partial charge < -0.3 is 15.5 Å². The Bertz CT molecular complexity index is 561. The first-order valence-electron chi connectivity index (χ1n) is 6.40. The van der Waals surface area contributed by atoms with Crippen molar-refractivity contribution in [1.82, 2.24) is 15.3 Å². The summed E-state index contributed by atoms with van der Waals surface area (Å²) >= 11 is 3.51. The van der Waals surface area contributed by atoms with Gasteiger partial charge in [-0.05, 0) is 35.1 Å². The number of nitrogens with one attached hydrogen (secondary N) is 2. The summed E-state index contributed by atoms with van der Waals surface area (Å²) in [7, 11) is 3.95. The number of anilines is 3. The zero-order valence-electron chi connectivity index (χ0n) is 11.6. The van der Waals surface area contributed by atoms with Crippen LogP contribution in [0.2, 0.25) is 0 Å². The van der Waals surface area contributed by atoms with Crippen molar-refractivity contribution in [3.05, 3.63) is 41.1 Å². The third kappa shape index (κ3) is 3.91. The highest BCUT2D eigenvalue weighted by Crippen LogP contribution is 2.25. The molecule has 0 aliphatic carbocycles. The highest BCUT2D eigenvalue weighted by atomic mass is 79.9. The first kappa shape index (κ1) is 14.7. The molecule has 1 heterocycles. The van der Waals surface area contributed by atoms with Crippen molar-refractivity contribution >= 4 is 33.3 Å². The lowest BCUT2D eigenvalue weighted by Gasteiger charge is -2.18. The fraction of sp³-hybridized carbons (Fsp3) is 0.286. The number of rotatable bonds is 6. The van der Waals surface area contributed by atoms with Crippen molar-refractivity contribution in [2.45, 2.75) is 0 Å². The molecule has 0 spiro atoms. The van der Waals surface area contributed by atoms with Gasteiger partial charge in [0.25, 0.3) is 0 Å². The van der Waals surface area contributed by atoms with E-state index in [0.717, 1.165) is 34.9 Å². The number of hydrogen-bond donors (Lipinski definition) is 2. The summed E-state index contributed by atoms with van der Waals surface area (Å²) in [5.41, 5.74) is 0.982. The van der Waals surface area contributed by atoms with Crippen LogP contribution in [-0.4, -0.2) is 37.2 Å². The number of likely N-dealkylation sites (N-methyl/N-ethyl adjacent to an activating group) is 2. The third-order valence-electron chi connectivity index (χ3n) is 2.88. The SMILES string of the molecule is CNCCN(C)c1cc(Nc2ccccc2Br)ncn1. The van der Waals surface area contributed by atoms with Crippen molar-refractivity contribution in [2.75, 3.05) is 37.4 Å². The van der Waals surface area contributed by atoms with E-state index >= 15 is 0 Å². The molecule has 0 amide bonds. The predicted molar refractivity (Wildman–Crippen MR) is 86.7 cm³/mol. The molecule has 0 atom stereocenters. The molecule has 6 heteroatoms. The summed E-state index contributed by atoms with van der Waals surface area (Å²) in [4.78, 5) is 10.6. The number of para-hydroxylation sites is 1. The van der Waals surface area contributed by atoms with Crippen LogP contribution in [0.25, 0.3) is 0 Å². The van der Waals surface area contributed by atoms with E-state index in [9.17, 15) is 0 Å². The number of aromatic nitrogens is 2. The lowest BCUT2D eigenvalue weighted by molar-refractivity contribution is 0.760. The number of benzene rings is 1. The van der Waals surface area contributed by atoms with E-state index < -0.39 is 0 Å². The van der Waals surface area contributed by atoms with Gasteiger partial charge in [-0.25, -0.2) is 9.97 Å². The molecule has 0 aliphatic rings. The van der Waals surface area contributed by atoms with Crippen LogP contribution >= 0.6 is 15.9 Å². The Balaban J connectivity index is 2.12. The normalized spacial score (nSPS) is 10.3. The zero-order chi connectivity index (χ0) is 14.4. The Hall–Kier alpha value is -1.66. The fourth-order valence-electron chi connectivity index (χ4n) is 1.72. The van der Waals surface area contributed by atoms with Crippen LogP contribution in [0.5, 0.6) is 0 Å². The van der Waals surface area contributed by atoms with E-state index in [-0.39, 0.29) is 0 Å². The maximum absolute atomic E-state index is 4.29. The lowest BCUT2D eigenvalue weighted by Crippen LogP contribution is -2.27. The van der Waals surface area contributed by atoms with E-state index in [1.807, 2.05) is 44.4 Å². The summed E-state index contributed by atoms with van der Waals surface area (Å²) in [5.74, 6) is 1.67. The average molecular weight is 336 g/mol. The maximum Gasteiger partial charge on any atom is 0.135 e. The van der Waals surface area contributed by atoms with Crippen LogP contribution < -0.4 is 15.5 Å².